The van der Waals surface area contributed by atoms with E-state index in [0.717, 1.165) is 0 Å². The molecule has 2 fully saturated rings. The molecular weight excluding hydrogens is 192 g/mol. The number of hydrogen-bond donors (Lipinski definition) is 2. The van der Waals surface area contributed by atoms with Gasteiger partial charge < -0.3 is 15.3 Å². The summed E-state index contributed by atoms with van der Waals surface area (Å²) in [7, 11) is 2.05. The summed E-state index contributed by atoms with van der Waals surface area (Å²) in [5.41, 5.74) is 0. The van der Waals surface area contributed by atoms with E-state index in [4.69, 9.17) is 5.11 Å². The molecule has 0 aromatic carbocycles. The Balaban J connectivity index is 1.80. The number of nitrogens with zero attached hydrogens (tertiary/aromatic N) is 1. The minimum atomic E-state index is -0.696. The Hall–Kier alpha value is -0.610. The lowest BCUT2D eigenvalue weighted by Crippen LogP contribution is -2.47. The van der Waals surface area contributed by atoms with Crippen molar-refractivity contribution in [2.45, 2.75) is 50.2 Å². The van der Waals surface area contributed by atoms with Crippen LogP contribution in [0.1, 0.15) is 32.1 Å². The van der Waals surface area contributed by atoms with Gasteiger partial charge in [-0.1, -0.05) is 0 Å². The largest absolute Gasteiger partial charge is 0.481 e. The molecule has 2 N–H and O–H groups in total. The molecule has 15 heavy (non-hydrogen) atoms. The Morgan fingerprint density at radius 1 is 1.40 bits per heavy atom. The van der Waals surface area contributed by atoms with Crippen molar-refractivity contribution >= 4 is 5.97 Å². The lowest BCUT2D eigenvalue weighted by Gasteiger charge is -2.35. The molecule has 4 nitrogen and oxygen atoms in total. The molecule has 4 heteroatoms. The average molecular weight is 212 g/mol. The first-order valence-corrected chi connectivity index (χ1v) is 5.83. The lowest BCUT2D eigenvalue weighted by molar-refractivity contribution is -0.137. The number of carboxylic acids is 1. The number of carboxylic acid groups (broad SMARTS) is 1. The number of carbonyl (C=O) groups is 1. The zero-order valence-electron chi connectivity index (χ0n) is 9.28. The van der Waals surface area contributed by atoms with Crippen LogP contribution in [-0.4, -0.2) is 47.7 Å². The van der Waals surface area contributed by atoms with Gasteiger partial charge in [0.15, 0.2) is 0 Å². The highest BCUT2D eigenvalue weighted by Gasteiger charge is 2.34. The second kappa shape index (κ2) is 4.49. The molecule has 2 atom stereocenters. The maximum atomic E-state index is 10.5. The van der Waals surface area contributed by atoms with E-state index >= 15 is 0 Å². The first-order chi connectivity index (χ1) is 7.15. The molecule has 2 aliphatic heterocycles. The van der Waals surface area contributed by atoms with Crippen LogP contribution in [0.5, 0.6) is 0 Å². The van der Waals surface area contributed by atoms with Crippen LogP contribution in [0.3, 0.4) is 0 Å². The van der Waals surface area contributed by atoms with Crippen molar-refractivity contribution in [3.8, 4) is 0 Å². The molecule has 0 spiro atoms. The number of aliphatic carboxylic acids is 1. The highest BCUT2D eigenvalue weighted by molar-refractivity contribution is 5.66. The molecule has 0 radical (unpaired) electrons. The molecule has 2 heterocycles. The summed E-state index contributed by atoms with van der Waals surface area (Å²) >= 11 is 0. The van der Waals surface area contributed by atoms with Gasteiger partial charge in [0.05, 0.1) is 6.42 Å². The lowest BCUT2D eigenvalue weighted by atomic mass is 9.98. The third-order valence-electron chi connectivity index (χ3n) is 3.75. The van der Waals surface area contributed by atoms with Crippen LogP contribution in [0.2, 0.25) is 0 Å². The summed E-state index contributed by atoms with van der Waals surface area (Å²) in [6.45, 7) is 0.680. The van der Waals surface area contributed by atoms with Crippen molar-refractivity contribution in [3.05, 3.63) is 0 Å². The van der Waals surface area contributed by atoms with E-state index < -0.39 is 5.97 Å². The zero-order valence-corrected chi connectivity index (χ0v) is 9.28. The number of piperidine rings is 1. The van der Waals surface area contributed by atoms with Gasteiger partial charge >= 0.3 is 5.97 Å². The summed E-state index contributed by atoms with van der Waals surface area (Å²) < 4.78 is 0. The smallest absolute Gasteiger partial charge is 0.304 e. The third kappa shape index (κ3) is 2.69. The Kier molecular flexibility index (Phi) is 3.26. The minimum absolute atomic E-state index is 0.260. The summed E-state index contributed by atoms with van der Waals surface area (Å²) in [4.78, 5) is 12.7. The van der Waals surface area contributed by atoms with Crippen LogP contribution in [0.25, 0.3) is 0 Å². The van der Waals surface area contributed by atoms with E-state index in [1.54, 1.807) is 0 Å². The Bertz CT molecular complexity index is 233. The van der Waals surface area contributed by atoms with E-state index in [1.807, 2.05) is 0 Å². The molecule has 2 unspecified atom stereocenters. The van der Waals surface area contributed by atoms with E-state index in [0.29, 0.717) is 24.7 Å². The molecule has 0 amide bonds. The highest BCUT2D eigenvalue weighted by Crippen LogP contribution is 2.29. The van der Waals surface area contributed by atoms with Crippen molar-refractivity contribution in [1.29, 1.82) is 0 Å². The quantitative estimate of drug-likeness (QED) is 0.719. The van der Waals surface area contributed by atoms with E-state index in [9.17, 15) is 4.79 Å². The number of rotatable bonds is 4. The summed E-state index contributed by atoms with van der Waals surface area (Å²) in [6.07, 6.45) is 5.23. The molecular formula is C11H20N2O2. The first-order valence-electron chi connectivity index (χ1n) is 5.83. The second-order valence-electron chi connectivity index (χ2n) is 4.89. The fourth-order valence-corrected chi connectivity index (χ4v) is 2.84. The number of fused-ring (bicyclic) bond motifs is 2. The molecule has 86 valence electrons. The topological polar surface area (TPSA) is 52.6 Å². The molecule has 2 bridgehead atoms. The van der Waals surface area contributed by atoms with Crippen molar-refractivity contribution in [1.82, 2.24) is 10.2 Å². The van der Waals surface area contributed by atoms with Gasteiger partial charge in [0.25, 0.3) is 0 Å². The highest BCUT2D eigenvalue weighted by atomic mass is 16.4. The van der Waals surface area contributed by atoms with Crippen LogP contribution in [0.15, 0.2) is 0 Å². The van der Waals surface area contributed by atoms with Gasteiger partial charge in [-0.15, -0.1) is 0 Å². The van der Waals surface area contributed by atoms with Crippen molar-refractivity contribution < 1.29 is 9.90 Å². The molecule has 2 saturated heterocycles. The van der Waals surface area contributed by atoms with Crippen LogP contribution < -0.4 is 5.32 Å². The average Bonchev–Trinajstić information content (AvgIpc) is 2.54. The Morgan fingerprint density at radius 3 is 2.53 bits per heavy atom. The SMILES string of the molecule is CN(CCC(=O)O)C1CC2CCC(C1)N2. The molecule has 0 saturated carbocycles. The summed E-state index contributed by atoms with van der Waals surface area (Å²) in [5.74, 6) is -0.696. The van der Waals surface area contributed by atoms with Crippen molar-refractivity contribution in [2.24, 2.45) is 0 Å². The van der Waals surface area contributed by atoms with E-state index in [1.165, 1.54) is 25.7 Å². The molecule has 0 aliphatic carbocycles. The maximum Gasteiger partial charge on any atom is 0.304 e. The van der Waals surface area contributed by atoms with Crippen LogP contribution >= 0.6 is 0 Å². The van der Waals surface area contributed by atoms with Crippen molar-refractivity contribution in [2.75, 3.05) is 13.6 Å². The van der Waals surface area contributed by atoms with E-state index in [-0.39, 0.29) is 6.42 Å². The third-order valence-corrected chi connectivity index (χ3v) is 3.75. The summed E-state index contributed by atoms with van der Waals surface area (Å²) in [5, 5.41) is 12.2. The monoisotopic (exact) mass is 212 g/mol. The predicted molar refractivity (Wildman–Crippen MR) is 57.9 cm³/mol. The van der Waals surface area contributed by atoms with Gasteiger partial charge in [-0.3, -0.25) is 4.79 Å². The fraction of sp³-hybridized carbons (Fsp3) is 0.909. The first kappa shape index (κ1) is 10.9. The molecule has 0 aromatic rings. The fourth-order valence-electron chi connectivity index (χ4n) is 2.84. The van der Waals surface area contributed by atoms with Gasteiger partial charge in [-0.25, -0.2) is 0 Å². The second-order valence-corrected chi connectivity index (χ2v) is 4.89. The van der Waals surface area contributed by atoms with Crippen LogP contribution in [0, 0.1) is 0 Å². The Morgan fingerprint density at radius 2 is 2.00 bits per heavy atom. The van der Waals surface area contributed by atoms with Gasteiger partial charge in [0.1, 0.15) is 0 Å². The van der Waals surface area contributed by atoms with Crippen LogP contribution in [0.4, 0.5) is 0 Å². The Labute approximate surface area is 90.6 Å². The van der Waals surface area contributed by atoms with Gasteiger partial charge in [-0.2, -0.15) is 0 Å². The maximum absolute atomic E-state index is 10.5. The summed E-state index contributed by atoms with van der Waals surface area (Å²) in [6, 6.07) is 1.95. The minimum Gasteiger partial charge on any atom is -0.481 e. The predicted octanol–water partition coefficient (Wildman–Crippen LogP) is 0.676. The molecule has 2 aliphatic rings. The van der Waals surface area contributed by atoms with Gasteiger partial charge in [0, 0.05) is 24.7 Å². The normalized spacial score (nSPS) is 34.7. The molecule has 0 aromatic heterocycles. The van der Waals surface area contributed by atoms with E-state index in [2.05, 4.69) is 17.3 Å². The number of hydrogen-bond acceptors (Lipinski definition) is 3. The standard InChI is InChI=1S/C11H20N2O2/c1-13(5-4-11(14)15)10-6-8-2-3-9(7-10)12-8/h8-10,12H,2-7H2,1H3,(H,14,15). The van der Waals surface area contributed by atoms with Gasteiger partial charge in [0.2, 0.25) is 0 Å². The van der Waals surface area contributed by atoms with Crippen molar-refractivity contribution in [3.63, 3.8) is 0 Å². The zero-order chi connectivity index (χ0) is 10.8. The van der Waals surface area contributed by atoms with Gasteiger partial charge in [-0.05, 0) is 32.7 Å². The number of nitrogens with one attached hydrogen (secondary N) is 1. The molecule has 2 rings (SSSR count). The van der Waals surface area contributed by atoms with Crippen LogP contribution in [-0.2, 0) is 4.79 Å².